The Labute approximate surface area is 313 Å². The van der Waals surface area contributed by atoms with Crippen LogP contribution in [-0.2, 0) is 50.1 Å². The number of hydrogen-bond acceptors (Lipinski definition) is 11. The highest BCUT2D eigenvalue weighted by molar-refractivity contribution is 7.86. The van der Waals surface area contributed by atoms with E-state index in [0.717, 1.165) is 24.1 Å². The van der Waals surface area contributed by atoms with Gasteiger partial charge >= 0.3 is 0 Å². The Bertz CT molecular complexity index is 2120. The smallest absolute Gasteiger partial charge is 0.296 e. The lowest BCUT2D eigenvalue weighted by Gasteiger charge is -2.49. The summed E-state index contributed by atoms with van der Waals surface area (Å²) >= 11 is 0. The zero-order valence-corrected chi connectivity index (χ0v) is 33.3. The van der Waals surface area contributed by atoms with E-state index in [2.05, 4.69) is 0 Å². The standard InChI is InChI=1S/C36H50N2O12S3/c1-34(18-23-49-5)29-26-28(53(47,48)50-6)12-14-31(29)37(19-21-39)33(34)11-8-7-9-17-36(3)35(2,16-10-24-51(41,42)43)30-25-27(52(44,45)46)13-15-32(30)38(36,4)20-22-40/h7-9,11-15,17,25-26,39-40H,10,16,18-24H2,1-6H3,(H-,41,42,43,44,45,46)/p+1/b8-7+,17-9+,33-11+. The first-order chi connectivity index (χ1) is 24.6. The molecule has 17 heteroatoms. The van der Waals surface area contributed by atoms with Crippen molar-refractivity contribution in [3.8, 4) is 0 Å². The number of aliphatic hydroxyl groups is 2. The highest BCUT2D eigenvalue weighted by Crippen LogP contribution is 2.58. The van der Waals surface area contributed by atoms with Gasteiger partial charge in [-0.15, -0.1) is 0 Å². The predicted octanol–water partition coefficient (Wildman–Crippen LogP) is 3.70. The number of ether oxygens (including phenoxy) is 1. The Morgan fingerprint density at radius 1 is 0.849 bits per heavy atom. The van der Waals surface area contributed by atoms with Crippen LogP contribution in [0, 0.1) is 0 Å². The van der Waals surface area contributed by atoms with Crippen LogP contribution >= 0.6 is 0 Å². The molecule has 0 saturated carbocycles. The van der Waals surface area contributed by atoms with Gasteiger partial charge < -0.3 is 19.8 Å². The number of β-amino-alcohol motifs (C(OH)–C–C–N with tert-alkyl or cyclic N) is 1. The summed E-state index contributed by atoms with van der Waals surface area (Å²) in [6, 6.07) is 9.05. The summed E-state index contributed by atoms with van der Waals surface area (Å²) in [5.74, 6) is -0.514. The molecule has 0 radical (unpaired) electrons. The molecule has 2 aliphatic rings. The molecule has 0 spiro atoms. The molecule has 294 valence electrons. The summed E-state index contributed by atoms with van der Waals surface area (Å²) in [7, 11) is -8.29. The number of aliphatic hydroxyl groups excluding tert-OH is 2. The zero-order chi connectivity index (χ0) is 39.7. The van der Waals surface area contributed by atoms with Crippen LogP contribution in [0.4, 0.5) is 11.4 Å². The average Bonchev–Trinajstić information content (AvgIpc) is 3.39. The van der Waals surface area contributed by atoms with E-state index in [-0.39, 0.29) is 53.4 Å². The Kier molecular flexibility index (Phi) is 12.6. The van der Waals surface area contributed by atoms with E-state index in [9.17, 15) is 44.6 Å². The topological polar surface area (TPSA) is 205 Å². The molecule has 53 heavy (non-hydrogen) atoms. The number of hydrogen-bond donors (Lipinski definition) is 4. The van der Waals surface area contributed by atoms with Crippen molar-refractivity contribution in [2.45, 2.75) is 66.2 Å². The lowest BCUT2D eigenvalue weighted by molar-refractivity contribution is 0.105. The molecule has 0 saturated heterocycles. The van der Waals surface area contributed by atoms with Crippen LogP contribution in [0.15, 0.2) is 82.3 Å². The first kappa shape index (κ1) is 42.8. The van der Waals surface area contributed by atoms with Crippen LogP contribution in [0.3, 0.4) is 0 Å². The van der Waals surface area contributed by atoms with Crippen molar-refractivity contribution in [3.05, 3.63) is 83.6 Å². The first-order valence-electron chi connectivity index (χ1n) is 17.0. The summed E-state index contributed by atoms with van der Waals surface area (Å²) in [4.78, 5) is 1.62. The number of rotatable bonds is 17. The third kappa shape index (κ3) is 7.92. The van der Waals surface area contributed by atoms with Gasteiger partial charge in [-0.3, -0.25) is 17.8 Å². The lowest BCUT2D eigenvalue weighted by atomic mass is 9.66. The summed E-state index contributed by atoms with van der Waals surface area (Å²) in [6.07, 6.45) is 9.98. The number of anilines is 1. The van der Waals surface area contributed by atoms with Gasteiger partial charge in [0.05, 0.1) is 48.3 Å². The van der Waals surface area contributed by atoms with E-state index >= 15 is 0 Å². The fourth-order valence-electron chi connectivity index (χ4n) is 8.16. The fraction of sp³-hybridized carbons (Fsp3) is 0.500. The molecule has 2 aromatic rings. The lowest BCUT2D eigenvalue weighted by Crippen LogP contribution is -2.65. The van der Waals surface area contributed by atoms with Gasteiger partial charge in [-0.25, -0.2) is 0 Å². The number of allylic oxidation sites excluding steroid dienone is 5. The normalized spacial score (nSPS) is 27.0. The van der Waals surface area contributed by atoms with Gasteiger partial charge in [-0.2, -0.15) is 25.3 Å². The minimum Gasteiger partial charge on any atom is -0.395 e. The van der Waals surface area contributed by atoms with E-state index in [1.807, 2.05) is 57.0 Å². The Hall–Kier alpha value is -2.97. The van der Waals surface area contributed by atoms with Gasteiger partial charge in [0, 0.05) is 48.7 Å². The van der Waals surface area contributed by atoms with Crippen LogP contribution < -0.4 is 9.38 Å². The maximum Gasteiger partial charge on any atom is 0.296 e. The van der Waals surface area contributed by atoms with Crippen molar-refractivity contribution in [2.24, 2.45) is 0 Å². The molecule has 0 bridgehead atoms. The molecule has 2 aliphatic heterocycles. The van der Waals surface area contributed by atoms with Crippen LogP contribution in [0.5, 0.6) is 0 Å². The van der Waals surface area contributed by atoms with Crippen molar-refractivity contribution < 1.29 is 53.5 Å². The molecule has 4 N–H and O–H groups in total. The van der Waals surface area contributed by atoms with Gasteiger partial charge in [0.2, 0.25) is 0 Å². The molecule has 2 heterocycles. The average molecular weight is 800 g/mol. The Morgan fingerprint density at radius 2 is 1.51 bits per heavy atom. The summed E-state index contributed by atoms with van der Waals surface area (Å²) in [6.45, 7) is 6.22. The second-order valence-electron chi connectivity index (χ2n) is 14.2. The van der Waals surface area contributed by atoms with Gasteiger partial charge in [0.25, 0.3) is 30.4 Å². The number of likely N-dealkylation sites (N-methyl/N-ethyl adjacent to an activating group) is 1. The molecule has 0 aromatic heterocycles. The minimum absolute atomic E-state index is 0.00395. The second kappa shape index (κ2) is 15.6. The zero-order valence-electron chi connectivity index (χ0n) is 30.9. The first-order valence-corrected chi connectivity index (χ1v) is 21.5. The van der Waals surface area contributed by atoms with Crippen LogP contribution in [0.25, 0.3) is 0 Å². The molecule has 0 amide bonds. The Morgan fingerprint density at radius 3 is 2.09 bits per heavy atom. The van der Waals surface area contributed by atoms with Crippen molar-refractivity contribution in [3.63, 3.8) is 0 Å². The van der Waals surface area contributed by atoms with E-state index in [1.165, 1.54) is 18.2 Å². The maximum absolute atomic E-state index is 12.6. The van der Waals surface area contributed by atoms with Crippen molar-refractivity contribution in [2.75, 3.05) is 64.8 Å². The summed E-state index contributed by atoms with van der Waals surface area (Å²) in [5, 5.41) is 20.3. The molecule has 2 aromatic carbocycles. The molecule has 0 aliphatic carbocycles. The molecule has 4 atom stereocenters. The number of benzene rings is 2. The Balaban J connectivity index is 1.84. The van der Waals surface area contributed by atoms with Crippen LogP contribution in [0.2, 0.25) is 0 Å². The predicted molar refractivity (Wildman–Crippen MR) is 203 cm³/mol. The molecule has 14 nitrogen and oxygen atoms in total. The fourth-order valence-corrected chi connectivity index (χ4v) is 9.87. The van der Waals surface area contributed by atoms with Crippen molar-refractivity contribution in [1.29, 1.82) is 0 Å². The number of methoxy groups -OCH3 is 1. The van der Waals surface area contributed by atoms with Crippen LogP contribution in [-0.4, -0.2) is 110 Å². The van der Waals surface area contributed by atoms with E-state index in [4.69, 9.17) is 8.92 Å². The third-order valence-corrected chi connectivity index (χ3v) is 14.3. The number of fused-ring (bicyclic) bond motifs is 2. The summed E-state index contributed by atoms with van der Waals surface area (Å²) < 4.78 is 103. The maximum atomic E-state index is 12.6. The number of quaternary nitrogens is 1. The van der Waals surface area contributed by atoms with E-state index < -0.39 is 52.5 Å². The molecular weight excluding hydrogens is 749 g/mol. The van der Waals surface area contributed by atoms with Crippen molar-refractivity contribution >= 4 is 41.7 Å². The van der Waals surface area contributed by atoms with Crippen LogP contribution in [0.1, 0.15) is 51.2 Å². The molecule has 4 rings (SSSR count). The minimum atomic E-state index is -4.58. The molecular formula is C36H51N2O12S3+. The monoisotopic (exact) mass is 799 g/mol. The molecule has 0 fully saturated rings. The van der Waals surface area contributed by atoms with E-state index in [1.54, 1.807) is 31.4 Å². The SMILES string of the molecule is COCCC1(C)\C(=C/C=C/C=C/C2(C)C(C)(CCCS(=O)(=O)O)c3cc(S(=O)(=O)O)ccc3[N+]2(C)CCO)N(CCO)c2ccc(S(=O)(=O)OC)cc21. The third-order valence-electron chi connectivity index (χ3n) is 11.4. The largest absolute Gasteiger partial charge is 0.395 e. The van der Waals surface area contributed by atoms with Crippen molar-refractivity contribution in [1.82, 2.24) is 4.48 Å². The quantitative estimate of drug-likeness (QED) is 0.0781. The highest BCUT2D eigenvalue weighted by Gasteiger charge is 2.64. The summed E-state index contributed by atoms with van der Waals surface area (Å²) in [5.41, 5.74) is 0.911. The van der Waals surface area contributed by atoms with Gasteiger partial charge in [-0.05, 0) is 88.1 Å². The van der Waals surface area contributed by atoms with Gasteiger partial charge in [0.15, 0.2) is 0 Å². The van der Waals surface area contributed by atoms with Gasteiger partial charge in [-0.1, -0.05) is 18.2 Å². The van der Waals surface area contributed by atoms with E-state index in [0.29, 0.717) is 24.3 Å². The second-order valence-corrected chi connectivity index (χ2v) is 18.9. The highest BCUT2D eigenvalue weighted by atomic mass is 32.2. The van der Waals surface area contributed by atoms with Gasteiger partial charge in [0.1, 0.15) is 17.8 Å². The number of nitrogens with zero attached hydrogens (tertiary/aromatic N) is 2. The molecule has 4 unspecified atom stereocenters.